The second kappa shape index (κ2) is 12.0. The summed E-state index contributed by atoms with van der Waals surface area (Å²) in [4.78, 5) is 27.6. The number of benzene rings is 2. The van der Waals surface area contributed by atoms with Gasteiger partial charge in [-0.3, -0.25) is 13.9 Å². The molecule has 186 valence electrons. The lowest BCUT2D eigenvalue weighted by atomic mass is 10.1. The lowest BCUT2D eigenvalue weighted by molar-refractivity contribution is -0.139. The predicted molar refractivity (Wildman–Crippen MR) is 132 cm³/mol. The van der Waals surface area contributed by atoms with Crippen molar-refractivity contribution in [3.05, 3.63) is 65.5 Å². The van der Waals surface area contributed by atoms with Crippen LogP contribution < -0.4 is 9.62 Å². The van der Waals surface area contributed by atoms with E-state index in [1.54, 1.807) is 19.1 Å². The van der Waals surface area contributed by atoms with Gasteiger partial charge in [-0.1, -0.05) is 38.1 Å². The summed E-state index contributed by atoms with van der Waals surface area (Å²) in [7, 11) is -3.78. The molecule has 0 saturated carbocycles. The molecular weight excluding hydrogens is 457 g/mol. The molecule has 2 aromatic rings. The summed E-state index contributed by atoms with van der Waals surface area (Å²) in [6.07, 6.45) is 2.56. The summed E-state index contributed by atoms with van der Waals surface area (Å²) in [5.74, 6) is -1.30. The summed E-state index contributed by atoms with van der Waals surface area (Å²) in [5.41, 5.74) is 2.03. The molecule has 9 heteroatoms. The molecular formula is C25H34FN3O4S. The molecule has 0 bridgehead atoms. The smallest absolute Gasteiger partial charge is 0.244 e. The average Bonchev–Trinajstić information content (AvgIpc) is 2.80. The highest BCUT2D eigenvalue weighted by atomic mass is 32.2. The molecule has 0 aliphatic rings. The van der Waals surface area contributed by atoms with Gasteiger partial charge in [0.2, 0.25) is 21.8 Å². The van der Waals surface area contributed by atoms with Crippen LogP contribution in [-0.4, -0.2) is 50.0 Å². The number of nitrogens with zero attached hydrogens (tertiary/aromatic N) is 2. The van der Waals surface area contributed by atoms with Crippen LogP contribution in [-0.2, 0) is 32.6 Å². The summed E-state index contributed by atoms with van der Waals surface area (Å²) in [6, 6.07) is 11.6. The van der Waals surface area contributed by atoms with Crippen LogP contribution in [0.1, 0.15) is 45.2 Å². The third-order valence-corrected chi connectivity index (χ3v) is 6.89. The van der Waals surface area contributed by atoms with E-state index in [-0.39, 0.29) is 18.5 Å². The molecule has 0 aliphatic carbocycles. The van der Waals surface area contributed by atoms with E-state index in [2.05, 4.69) is 5.32 Å². The minimum absolute atomic E-state index is 0.0284. The first-order valence-corrected chi connectivity index (χ1v) is 13.2. The first-order valence-electron chi connectivity index (χ1n) is 11.4. The Balaban J connectivity index is 2.36. The number of nitrogens with one attached hydrogen (secondary N) is 1. The number of sulfonamides is 1. The lowest BCUT2D eigenvalue weighted by Gasteiger charge is -2.32. The number of amides is 2. The highest BCUT2D eigenvalue weighted by Gasteiger charge is 2.30. The molecule has 2 aromatic carbocycles. The minimum atomic E-state index is -3.78. The van der Waals surface area contributed by atoms with Gasteiger partial charge >= 0.3 is 0 Å². The van der Waals surface area contributed by atoms with Crippen LogP contribution in [0, 0.1) is 5.82 Å². The van der Waals surface area contributed by atoms with E-state index in [4.69, 9.17) is 0 Å². The molecule has 34 heavy (non-hydrogen) atoms. The molecule has 0 aromatic heterocycles. The zero-order chi connectivity index (χ0) is 25.5. The number of hydrogen-bond donors (Lipinski definition) is 1. The van der Waals surface area contributed by atoms with E-state index < -0.39 is 34.3 Å². The van der Waals surface area contributed by atoms with Crippen molar-refractivity contribution in [3.8, 4) is 0 Å². The van der Waals surface area contributed by atoms with Gasteiger partial charge in [-0.2, -0.15) is 0 Å². The van der Waals surface area contributed by atoms with Crippen molar-refractivity contribution in [1.82, 2.24) is 10.2 Å². The Bertz CT molecular complexity index is 1070. The van der Waals surface area contributed by atoms with Crippen LogP contribution in [0.15, 0.2) is 48.5 Å². The summed E-state index contributed by atoms with van der Waals surface area (Å²) in [6.45, 7) is 6.95. The topological polar surface area (TPSA) is 86.8 Å². The molecule has 0 radical (unpaired) electrons. The van der Waals surface area contributed by atoms with Gasteiger partial charge in [0.25, 0.3) is 0 Å². The van der Waals surface area contributed by atoms with Crippen LogP contribution in [0.3, 0.4) is 0 Å². The van der Waals surface area contributed by atoms with Gasteiger partial charge in [-0.25, -0.2) is 12.8 Å². The van der Waals surface area contributed by atoms with E-state index in [9.17, 15) is 22.4 Å². The molecule has 2 amide bonds. The Hall–Kier alpha value is -2.94. The third kappa shape index (κ3) is 7.55. The molecule has 1 N–H and O–H groups in total. The molecule has 0 aliphatic heterocycles. The van der Waals surface area contributed by atoms with E-state index in [0.717, 1.165) is 29.0 Å². The maximum absolute atomic E-state index is 13.4. The van der Waals surface area contributed by atoms with Crippen LogP contribution in [0.25, 0.3) is 0 Å². The zero-order valence-electron chi connectivity index (χ0n) is 20.4. The maximum atomic E-state index is 13.4. The second-order valence-electron chi connectivity index (χ2n) is 8.43. The zero-order valence-corrected chi connectivity index (χ0v) is 21.2. The van der Waals surface area contributed by atoms with Gasteiger partial charge in [0, 0.05) is 12.6 Å². The molecule has 2 rings (SSSR count). The Morgan fingerprint density at radius 3 is 2.03 bits per heavy atom. The summed E-state index contributed by atoms with van der Waals surface area (Å²) >= 11 is 0. The molecule has 0 heterocycles. The van der Waals surface area contributed by atoms with E-state index >= 15 is 0 Å². The Labute approximate surface area is 202 Å². The highest BCUT2D eigenvalue weighted by molar-refractivity contribution is 7.92. The largest absolute Gasteiger partial charge is 0.352 e. The van der Waals surface area contributed by atoms with Gasteiger partial charge in [0.15, 0.2) is 0 Å². The number of halogens is 1. The van der Waals surface area contributed by atoms with Gasteiger partial charge in [0.05, 0.1) is 11.9 Å². The SMILES string of the molecule is CCc1ccc(N(CC(=O)N(Cc2ccc(F)cc2)[C@H](C)C(=O)N[C@@H](C)CC)S(C)(=O)=O)cc1. The summed E-state index contributed by atoms with van der Waals surface area (Å²) in [5, 5.41) is 2.86. The van der Waals surface area contributed by atoms with Gasteiger partial charge in [0.1, 0.15) is 18.4 Å². The fraction of sp³-hybridized carbons (Fsp3) is 0.440. The van der Waals surface area contributed by atoms with Crippen LogP contribution in [0.5, 0.6) is 0 Å². The highest BCUT2D eigenvalue weighted by Crippen LogP contribution is 2.20. The average molecular weight is 492 g/mol. The minimum Gasteiger partial charge on any atom is -0.352 e. The van der Waals surface area contributed by atoms with Crippen molar-refractivity contribution in [1.29, 1.82) is 0 Å². The van der Waals surface area contributed by atoms with Gasteiger partial charge in [-0.15, -0.1) is 0 Å². The van der Waals surface area contributed by atoms with Crippen molar-refractivity contribution in [2.75, 3.05) is 17.1 Å². The molecule has 0 saturated heterocycles. The third-order valence-electron chi connectivity index (χ3n) is 5.75. The number of carbonyl (C=O) groups excluding carboxylic acids is 2. The predicted octanol–water partition coefficient (Wildman–Crippen LogP) is 3.49. The molecule has 0 fully saturated rings. The number of anilines is 1. The first-order chi connectivity index (χ1) is 16.0. The monoisotopic (exact) mass is 491 g/mol. The van der Waals surface area contributed by atoms with Crippen molar-refractivity contribution in [3.63, 3.8) is 0 Å². The number of hydrogen-bond acceptors (Lipinski definition) is 4. The second-order valence-corrected chi connectivity index (χ2v) is 10.3. The molecule has 2 atom stereocenters. The van der Waals surface area contributed by atoms with Crippen molar-refractivity contribution in [2.24, 2.45) is 0 Å². The first kappa shape index (κ1) is 27.3. The normalized spacial score (nSPS) is 13.1. The van der Waals surface area contributed by atoms with Crippen molar-refractivity contribution in [2.45, 2.75) is 59.2 Å². The van der Waals surface area contributed by atoms with Crippen LogP contribution >= 0.6 is 0 Å². The van der Waals surface area contributed by atoms with Crippen LogP contribution in [0.2, 0.25) is 0 Å². The maximum Gasteiger partial charge on any atom is 0.244 e. The van der Waals surface area contributed by atoms with E-state index in [1.165, 1.54) is 29.2 Å². The molecule has 0 unspecified atom stereocenters. The number of rotatable bonds is 11. The standard InChI is InChI=1S/C25H34FN3O4S/c1-6-18(3)27-25(31)19(4)28(16-21-8-12-22(26)13-9-21)24(30)17-29(34(5,32)33)23-14-10-20(7-2)11-15-23/h8-15,18-19H,6-7,16-17H2,1-5H3,(H,27,31)/t18-,19+/m0/s1. The lowest BCUT2D eigenvalue weighted by Crippen LogP contribution is -2.52. The van der Waals surface area contributed by atoms with E-state index in [1.807, 2.05) is 32.9 Å². The van der Waals surface area contributed by atoms with Gasteiger partial charge in [-0.05, 0) is 62.1 Å². The molecule has 0 spiro atoms. The van der Waals surface area contributed by atoms with E-state index in [0.29, 0.717) is 11.3 Å². The van der Waals surface area contributed by atoms with Crippen molar-refractivity contribution >= 4 is 27.5 Å². The fourth-order valence-electron chi connectivity index (χ4n) is 3.35. The Morgan fingerprint density at radius 1 is 0.971 bits per heavy atom. The quantitative estimate of drug-likeness (QED) is 0.521. The number of aryl methyl sites for hydroxylation is 1. The Kier molecular flexibility index (Phi) is 9.61. The fourth-order valence-corrected chi connectivity index (χ4v) is 4.20. The van der Waals surface area contributed by atoms with Crippen molar-refractivity contribution < 1.29 is 22.4 Å². The van der Waals surface area contributed by atoms with Gasteiger partial charge < -0.3 is 10.2 Å². The summed E-state index contributed by atoms with van der Waals surface area (Å²) < 4.78 is 39.5. The van der Waals surface area contributed by atoms with Crippen LogP contribution in [0.4, 0.5) is 10.1 Å². The molecule has 7 nitrogen and oxygen atoms in total. The number of carbonyl (C=O) groups is 2. The Morgan fingerprint density at radius 2 is 1.53 bits per heavy atom.